The zero-order chi connectivity index (χ0) is 24.1. The van der Waals surface area contributed by atoms with Crippen LogP contribution >= 0.6 is 0 Å². The van der Waals surface area contributed by atoms with Gasteiger partial charge in [0.05, 0.1) is 6.10 Å². The number of benzene rings is 2. The maximum atomic E-state index is 11.2. The Morgan fingerprint density at radius 2 is 1.91 bits per heavy atom. The Labute approximate surface area is 204 Å². The third kappa shape index (κ3) is 3.67. The van der Waals surface area contributed by atoms with Crippen LogP contribution in [0.25, 0.3) is 0 Å². The Morgan fingerprint density at radius 1 is 1.15 bits per heavy atom. The van der Waals surface area contributed by atoms with Gasteiger partial charge in [0, 0.05) is 12.5 Å². The van der Waals surface area contributed by atoms with E-state index < -0.39 is 0 Å². The second-order valence-electron chi connectivity index (χ2n) is 11.4. The van der Waals surface area contributed by atoms with E-state index in [0.29, 0.717) is 24.2 Å². The molecule has 6 atom stereocenters. The van der Waals surface area contributed by atoms with Crippen LogP contribution in [0.2, 0.25) is 0 Å². The van der Waals surface area contributed by atoms with E-state index in [-0.39, 0.29) is 22.9 Å². The molecule has 182 valence electrons. The molecule has 0 heterocycles. The van der Waals surface area contributed by atoms with Crippen molar-refractivity contribution in [3.05, 3.63) is 71.8 Å². The number of phenols is 1. The molecule has 2 unspecified atom stereocenters. The van der Waals surface area contributed by atoms with Gasteiger partial charge in [0.25, 0.3) is 0 Å². The maximum Gasteiger partial charge on any atom is 0.119 e. The van der Waals surface area contributed by atoms with Gasteiger partial charge in [-0.2, -0.15) is 0 Å². The first kappa shape index (κ1) is 23.4. The summed E-state index contributed by atoms with van der Waals surface area (Å²) in [7, 11) is 4.10. The van der Waals surface area contributed by atoms with Gasteiger partial charge in [0.1, 0.15) is 18.1 Å². The molecule has 2 aromatic carbocycles. The highest BCUT2D eigenvalue weighted by Crippen LogP contribution is 2.71. The highest BCUT2D eigenvalue weighted by Gasteiger charge is 2.63. The molecular formula is C30H39NO3. The summed E-state index contributed by atoms with van der Waals surface area (Å²) in [5.41, 5.74) is 3.74. The fourth-order valence-electron chi connectivity index (χ4n) is 7.70. The highest BCUT2D eigenvalue weighted by molar-refractivity contribution is 5.46. The molecule has 4 nitrogen and oxygen atoms in total. The summed E-state index contributed by atoms with van der Waals surface area (Å²) >= 11 is 0. The van der Waals surface area contributed by atoms with Crippen molar-refractivity contribution < 1.29 is 14.9 Å². The molecule has 0 radical (unpaired) electrons. The van der Waals surface area contributed by atoms with Gasteiger partial charge in [-0.15, -0.1) is 6.58 Å². The van der Waals surface area contributed by atoms with Gasteiger partial charge in [0.15, 0.2) is 0 Å². The van der Waals surface area contributed by atoms with Crippen LogP contribution in [0, 0.1) is 16.7 Å². The molecule has 0 spiro atoms. The van der Waals surface area contributed by atoms with Crippen LogP contribution in [0.4, 0.5) is 0 Å². The summed E-state index contributed by atoms with van der Waals surface area (Å²) in [5, 5.41) is 21.4. The zero-order valence-corrected chi connectivity index (χ0v) is 20.8. The molecular weight excluding hydrogens is 422 g/mol. The van der Waals surface area contributed by atoms with E-state index in [1.54, 1.807) is 0 Å². The molecule has 3 aliphatic carbocycles. The SMILES string of the molecule is C=C[C@@]12CCc3cc(O)ccc3C1[C@@H](c1ccc(OCCN(C)C)cc1)C[C@@]1(C)C2CC[C@@H]1O. The third-order valence-electron chi connectivity index (χ3n) is 9.36. The lowest BCUT2D eigenvalue weighted by molar-refractivity contribution is -0.0630. The molecule has 0 saturated heterocycles. The van der Waals surface area contributed by atoms with Crippen molar-refractivity contribution in [3.63, 3.8) is 0 Å². The van der Waals surface area contributed by atoms with Crippen LogP contribution in [-0.4, -0.2) is 48.5 Å². The maximum absolute atomic E-state index is 11.2. The highest BCUT2D eigenvalue weighted by atomic mass is 16.5. The molecule has 0 aliphatic heterocycles. The average Bonchev–Trinajstić information content (AvgIpc) is 3.13. The minimum atomic E-state index is -0.271. The lowest BCUT2D eigenvalue weighted by atomic mass is 9.44. The Kier molecular flexibility index (Phi) is 6.02. The monoisotopic (exact) mass is 461 g/mol. The summed E-state index contributed by atoms with van der Waals surface area (Å²) in [6.45, 7) is 8.27. The summed E-state index contributed by atoms with van der Waals surface area (Å²) in [4.78, 5) is 2.12. The van der Waals surface area contributed by atoms with Crippen molar-refractivity contribution in [2.45, 2.75) is 57.0 Å². The van der Waals surface area contributed by atoms with E-state index in [0.717, 1.165) is 44.4 Å². The molecule has 2 aromatic rings. The number of likely N-dealkylation sites (N-methyl/N-ethyl adjacent to an activating group) is 1. The molecule has 3 aliphatic rings. The number of aryl methyl sites for hydroxylation is 1. The van der Waals surface area contributed by atoms with Crippen molar-refractivity contribution in [3.8, 4) is 11.5 Å². The van der Waals surface area contributed by atoms with Crippen molar-refractivity contribution >= 4 is 0 Å². The number of phenolic OH excluding ortho intramolecular Hbond substituents is 1. The predicted octanol–water partition coefficient (Wildman–Crippen LogP) is 5.50. The van der Waals surface area contributed by atoms with Crippen LogP contribution in [-0.2, 0) is 6.42 Å². The van der Waals surface area contributed by atoms with Crippen LogP contribution in [0.15, 0.2) is 55.1 Å². The minimum absolute atomic E-state index is 0.0556. The molecule has 34 heavy (non-hydrogen) atoms. The number of aromatic hydroxyl groups is 1. The molecule has 2 saturated carbocycles. The lowest BCUT2D eigenvalue weighted by Gasteiger charge is -2.60. The Hall–Kier alpha value is -2.30. The summed E-state index contributed by atoms with van der Waals surface area (Å²) in [6.07, 6.45) is 6.82. The van der Waals surface area contributed by atoms with E-state index in [9.17, 15) is 10.2 Å². The topological polar surface area (TPSA) is 52.9 Å². The van der Waals surface area contributed by atoms with Gasteiger partial charge < -0.3 is 19.8 Å². The molecule has 5 rings (SSSR count). The molecule has 0 aromatic heterocycles. The first-order valence-electron chi connectivity index (χ1n) is 12.8. The van der Waals surface area contributed by atoms with Crippen LogP contribution < -0.4 is 4.74 Å². The second kappa shape index (κ2) is 8.73. The zero-order valence-electron chi connectivity index (χ0n) is 20.8. The Balaban J connectivity index is 1.56. The standard InChI is InChI=1S/C30H39NO3/c1-5-30-15-14-21-18-22(32)8-11-24(21)28(30)25(19-29(2)26(30)12-13-27(29)33)20-6-9-23(10-7-20)34-17-16-31(3)4/h5-11,18,25-28,32-33H,1,12-17,19H2,2-4H3/t25-,26?,27+,28?,29+,30+/m1/s1. The minimum Gasteiger partial charge on any atom is -0.508 e. The van der Waals surface area contributed by atoms with E-state index in [1.807, 2.05) is 12.1 Å². The van der Waals surface area contributed by atoms with Gasteiger partial charge >= 0.3 is 0 Å². The summed E-state index contributed by atoms with van der Waals surface area (Å²) in [6, 6.07) is 14.6. The van der Waals surface area contributed by atoms with Crippen molar-refractivity contribution in [1.29, 1.82) is 0 Å². The number of aliphatic hydroxyl groups excluding tert-OH is 1. The molecule has 0 bridgehead atoms. The third-order valence-corrected chi connectivity index (χ3v) is 9.36. The predicted molar refractivity (Wildman–Crippen MR) is 136 cm³/mol. The van der Waals surface area contributed by atoms with Gasteiger partial charge in [0.2, 0.25) is 0 Å². The number of aliphatic hydroxyl groups is 1. The first-order chi connectivity index (χ1) is 16.3. The van der Waals surface area contributed by atoms with Crippen LogP contribution in [0.5, 0.6) is 11.5 Å². The van der Waals surface area contributed by atoms with Crippen molar-refractivity contribution in [2.24, 2.45) is 16.7 Å². The van der Waals surface area contributed by atoms with E-state index in [1.165, 1.54) is 16.7 Å². The fourth-order valence-corrected chi connectivity index (χ4v) is 7.70. The number of fused-ring (bicyclic) bond motifs is 5. The fraction of sp³-hybridized carbons (Fsp3) is 0.533. The largest absolute Gasteiger partial charge is 0.508 e. The number of nitrogens with zero attached hydrogens (tertiary/aromatic N) is 1. The second-order valence-corrected chi connectivity index (χ2v) is 11.4. The Bertz CT molecular complexity index is 1050. The van der Waals surface area contributed by atoms with Crippen LogP contribution in [0.3, 0.4) is 0 Å². The number of ether oxygens (including phenoxy) is 1. The van der Waals surface area contributed by atoms with E-state index in [2.05, 4.69) is 68.9 Å². The smallest absolute Gasteiger partial charge is 0.119 e. The quantitative estimate of drug-likeness (QED) is 0.558. The molecule has 2 N–H and O–H groups in total. The van der Waals surface area contributed by atoms with Crippen molar-refractivity contribution in [2.75, 3.05) is 27.2 Å². The van der Waals surface area contributed by atoms with E-state index >= 15 is 0 Å². The lowest BCUT2D eigenvalue weighted by Crippen LogP contribution is -2.53. The van der Waals surface area contributed by atoms with Gasteiger partial charge in [-0.05, 0) is 110 Å². The summed E-state index contributed by atoms with van der Waals surface area (Å²) < 4.78 is 5.96. The van der Waals surface area contributed by atoms with Crippen molar-refractivity contribution in [1.82, 2.24) is 4.90 Å². The molecule has 2 fully saturated rings. The number of rotatable bonds is 6. The Morgan fingerprint density at radius 3 is 2.62 bits per heavy atom. The van der Waals surface area contributed by atoms with Crippen LogP contribution in [0.1, 0.15) is 61.1 Å². The number of allylic oxidation sites excluding steroid dienone is 1. The van der Waals surface area contributed by atoms with Gasteiger partial charge in [-0.1, -0.05) is 31.2 Å². The van der Waals surface area contributed by atoms with E-state index in [4.69, 9.17) is 4.74 Å². The van der Waals surface area contributed by atoms with Gasteiger partial charge in [-0.25, -0.2) is 0 Å². The summed E-state index contributed by atoms with van der Waals surface area (Å²) in [5.74, 6) is 2.22. The van der Waals surface area contributed by atoms with Gasteiger partial charge in [-0.3, -0.25) is 0 Å². The number of hydrogen-bond donors (Lipinski definition) is 2. The average molecular weight is 462 g/mol. The number of hydrogen-bond acceptors (Lipinski definition) is 4. The molecule has 0 amide bonds. The molecule has 4 heteroatoms. The first-order valence-corrected chi connectivity index (χ1v) is 12.8. The normalized spacial score (nSPS) is 34.3.